The predicted octanol–water partition coefficient (Wildman–Crippen LogP) is 3.52. The van der Waals surface area contributed by atoms with Gasteiger partial charge in [-0.15, -0.1) is 0 Å². The van der Waals surface area contributed by atoms with E-state index >= 15 is 0 Å². The number of nitrogens with one attached hydrogen (secondary N) is 1. The summed E-state index contributed by atoms with van der Waals surface area (Å²) >= 11 is 0. The van der Waals surface area contributed by atoms with Crippen LogP contribution >= 0.6 is 0 Å². The van der Waals surface area contributed by atoms with Crippen LogP contribution in [0.4, 0.5) is 5.69 Å². The van der Waals surface area contributed by atoms with Crippen LogP contribution in [0.25, 0.3) is 0 Å². The summed E-state index contributed by atoms with van der Waals surface area (Å²) in [5, 5.41) is 3.31. The van der Waals surface area contributed by atoms with E-state index in [1.54, 1.807) is 0 Å². The van der Waals surface area contributed by atoms with Gasteiger partial charge in [0.05, 0.1) is 13.0 Å². The van der Waals surface area contributed by atoms with Crippen molar-refractivity contribution in [2.24, 2.45) is 0 Å². The number of ether oxygens (including phenoxy) is 1. The Balaban J connectivity index is 2.79. The Kier molecular flexibility index (Phi) is 5.98. The van der Waals surface area contributed by atoms with Crippen molar-refractivity contribution in [2.45, 2.75) is 33.6 Å². The van der Waals surface area contributed by atoms with Crippen LogP contribution in [-0.2, 0) is 16.0 Å². The number of para-hydroxylation sites is 1. The topological polar surface area (TPSA) is 38.3 Å². The highest BCUT2D eigenvalue weighted by Gasteiger charge is 2.08. The van der Waals surface area contributed by atoms with Gasteiger partial charge in [-0.3, -0.25) is 4.79 Å². The molecular weight excluding hydrogens is 226 g/mol. The molecule has 0 radical (unpaired) electrons. The number of anilines is 1. The van der Waals surface area contributed by atoms with E-state index in [9.17, 15) is 4.79 Å². The number of carbonyl (C=O) groups excluding carboxylic acids is 1. The maximum atomic E-state index is 11.5. The number of hydrogen-bond acceptors (Lipinski definition) is 3. The van der Waals surface area contributed by atoms with Gasteiger partial charge in [0.2, 0.25) is 0 Å². The van der Waals surface area contributed by atoms with Gasteiger partial charge >= 0.3 is 5.97 Å². The van der Waals surface area contributed by atoms with Gasteiger partial charge in [0.25, 0.3) is 0 Å². The molecule has 0 saturated carbocycles. The third-order valence-corrected chi connectivity index (χ3v) is 2.50. The molecule has 0 aromatic heterocycles. The van der Waals surface area contributed by atoms with Gasteiger partial charge in [0.1, 0.15) is 0 Å². The average molecular weight is 247 g/mol. The minimum Gasteiger partial charge on any atom is -0.466 e. The molecule has 0 heterocycles. The zero-order valence-electron chi connectivity index (χ0n) is 11.3. The van der Waals surface area contributed by atoms with Crippen molar-refractivity contribution >= 4 is 11.7 Å². The molecule has 0 aliphatic heterocycles. The number of benzene rings is 1. The Morgan fingerprint density at radius 3 is 2.72 bits per heavy atom. The van der Waals surface area contributed by atoms with Crippen molar-refractivity contribution in [3.05, 3.63) is 41.6 Å². The maximum Gasteiger partial charge on any atom is 0.310 e. The fraction of sp³-hybridized carbons (Fsp3) is 0.400. The SMILES string of the molecule is CCC=C(C)Nc1ccccc1CC(=O)OCC. The quantitative estimate of drug-likeness (QED) is 0.782. The highest BCUT2D eigenvalue weighted by atomic mass is 16.5. The number of carbonyl (C=O) groups is 1. The molecule has 18 heavy (non-hydrogen) atoms. The molecule has 0 fully saturated rings. The van der Waals surface area contributed by atoms with Crippen LogP contribution in [0.3, 0.4) is 0 Å². The van der Waals surface area contributed by atoms with Crippen molar-refractivity contribution in [2.75, 3.05) is 11.9 Å². The highest BCUT2D eigenvalue weighted by Crippen LogP contribution is 2.18. The van der Waals surface area contributed by atoms with Gasteiger partial charge in [0.15, 0.2) is 0 Å². The van der Waals surface area contributed by atoms with Crippen LogP contribution in [-0.4, -0.2) is 12.6 Å². The van der Waals surface area contributed by atoms with Crippen molar-refractivity contribution < 1.29 is 9.53 Å². The lowest BCUT2D eigenvalue weighted by Crippen LogP contribution is -2.09. The third-order valence-electron chi connectivity index (χ3n) is 2.50. The van der Waals surface area contributed by atoms with E-state index in [0.29, 0.717) is 13.0 Å². The van der Waals surface area contributed by atoms with Crippen molar-refractivity contribution in [1.82, 2.24) is 0 Å². The molecule has 0 aliphatic carbocycles. The van der Waals surface area contributed by atoms with Gasteiger partial charge in [0, 0.05) is 11.4 Å². The molecule has 0 saturated heterocycles. The minimum atomic E-state index is -0.191. The summed E-state index contributed by atoms with van der Waals surface area (Å²) in [5.41, 5.74) is 3.02. The van der Waals surface area contributed by atoms with E-state index in [-0.39, 0.29) is 5.97 Å². The first-order valence-electron chi connectivity index (χ1n) is 6.34. The molecule has 1 rings (SSSR count). The van der Waals surface area contributed by atoms with E-state index in [1.165, 1.54) is 0 Å². The minimum absolute atomic E-state index is 0.191. The molecule has 3 heteroatoms. The second kappa shape index (κ2) is 7.54. The molecule has 0 bridgehead atoms. The summed E-state index contributed by atoms with van der Waals surface area (Å²) < 4.78 is 4.97. The van der Waals surface area contributed by atoms with E-state index in [4.69, 9.17) is 4.74 Å². The Bertz CT molecular complexity index is 424. The lowest BCUT2D eigenvalue weighted by atomic mass is 10.1. The molecule has 0 atom stereocenters. The summed E-state index contributed by atoms with van der Waals surface area (Å²) in [6.07, 6.45) is 3.40. The van der Waals surface area contributed by atoms with Crippen LogP contribution in [0.15, 0.2) is 36.0 Å². The van der Waals surface area contributed by atoms with Gasteiger partial charge in [-0.05, 0) is 31.9 Å². The molecule has 0 amide bonds. The zero-order chi connectivity index (χ0) is 13.4. The van der Waals surface area contributed by atoms with Crippen molar-refractivity contribution in [3.63, 3.8) is 0 Å². The summed E-state index contributed by atoms with van der Waals surface area (Å²) in [6.45, 7) is 6.35. The molecule has 98 valence electrons. The van der Waals surface area contributed by atoms with Crippen LogP contribution in [0, 0.1) is 0 Å². The molecule has 1 N–H and O–H groups in total. The lowest BCUT2D eigenvalue weighted by Gasteiger charge is -2.12. The van der Waals surface area contributed by atoms with Gasteiger partial charge in [-0.1, -0.05) is 31.2 Å². The molecule has 0 unspecified atom stereocenters. The van der Waals surface area contributed by atoms with Crippen LogP contribution in [0.1, 0.15) is 32.8 Å². The normalized spacial score (nSPS) is 11.2. The fourth-order valence-electron chi connectivity index (χ4n) is 1.73. The molecule has 0 aliphatic rings. The Labute approximate surface area is 109 Å². The maximum absolute atomic E-state index is 11.5. The number of hydrogen-bond donors (Lipinski definition) is 1. The highest BCUT2D eigenvalue weighted by molar-refractivity contribution is 5.75. The molecule has 1 aromatic rings. The van der Waals surface area contributed by atoms with Gasteiger partial charge in [-0.25, -0.2) is 0 Å². The van der Waals surface area contributed by atoms with Crippen molar-refractivity contribution in [3.8, 4) is 0 Å². The second-order valence-electron chi connectivity index (χ2n) is 4.06. The standard InChI is InChI=1S/C15H21NO2/c1-4-8-12(3)16-14-10-7-6-9-13(14)11-15(17)18-5-2/h6-10,16H,4-5,11H2,1-3H3. The first kappa shape index (κ1) is 14.3. The largest absolute Gasteiger partial charge is 0.466 e. The van der Waals surface area contributed by atoms with E-state index in [1.807, 2.05) is 38.1 Å². The Morgan fingerprint density at radius 1 is 1.33 bits per heavy atom. The fourth-order valence-corrected chi connectivity index (χ4v) is 1.73. The zero-order valence-corrected chi connectivity index (χ0v) is 11.3. The van der Waals surface area contributed by atoms with E-state index in [2.05, 4.69) is 18.3 Å². The van der Waals surface area contributed by atoms with Crippen LogP contribution in [0.5, 0.6) is 0 Å². The Morgan fingerprint density at radius 2 is 2.06 bits per heavy atom. The molecular formula is C15H21NO2. The van der Waals surface area contributed by atoms with Crippen LogP contribution in [0.2, 0.25) is 0 Å². The average Bonchev–Trinajstić information content (AvgIpc) is 2.32. The first-order chi connectivity index (χ1) is 8.67. The third kappa shape index (κ3) is 4.62. The molecule has 0 spiro atoms. The van der Waals surface area contributed by atoms with E-state index < -0.39 is 0 Å². The molecule has 1 aromatic carbocycles. The van der Waals surface area contributed by atoms with Crippen LogP contribution < -0.4 is 5.32 Å². The lowest BCUT2D eigenvalue weighted by molar-refractivity contribution is -0.142. The monoisotopic (exact) mass is 247 g/mol. The van der Waals surface area contributed by atoms with Crippen molar-refractivity contribution in [1.29, 1.82) is 0 Å². The first-order valence-corrected chi connectivity index (χ1v) is 6.34. The Hall–Kier alpha value is -1.77. The summed E-state index contributed by atoms with van der Waals surface area (Å²) in [6, 6.07) is 7.80. The smallest absolute Gasteiger partial charge is 0.310 e. The van der Waals surface area contributed by atoms with Gasteiger partial charge in [-0.2, -0.15) is 0 Å². The summed E-state index contributed by atoms with van der Waals surface area (Å²) in [4.78, 5) is 11.5. The molecule has 3 nitrogen and oxygen atoms in total. The van der Waals surface area contributed by atoms with Gasteiger partial charge < -0.3 is 10.1 Å². The summed E-state index contributed by atoms with van der Waals surface area (Å²) in [7, 11) is 0. The second-order valence-corrected chi connectivity index (χ2v) is 4.06. The number of allylic oxidation sites excluding steroid dienone is 2. The number of rotatable bonds is 6. The summed E-state index contributed by atoms with van der Waals surface area (Å²) in [5.74, 6) is -0.191. The predicted molar refractivity (Wildman–Crippen MR) is 74.4 cm³/mol. The number of esters is 1. The van der Waals surface area contributed by atoms with E-state index in [0.717, 1.165) is 23.4 Å².